The van der Waals surface area contributed by atoms with E-state index in [0.717, 1.165) is 17.3 Å². The number of hydrogen-bond acceptors (Lipinski definition) is 6. The zero-order valence-electron chi connectivity index (χ0n) is 9.67. The van der Waals surface area contributed by atoms with Gasteiger partial charge in [0.1, 0.15) is 6.04 Å². The van der Waals surface area contributed by atoms with Gasteiger partial charge in [-0.2, -0.15) is 0 Å². The number of benzene rings is 1. The van der Waals surface area contributed by atoms with Crippen LogP contribution in [0.3, 0.4) is 0 Å². The van der Waals surface area contributed by atoms with Gasteiger partial charge < -0.3 is 26.8 Å². The molecule has 0 aliphatic rings. The Morgan fingerprint density at radius 1 is 1.39 bits per heavy atom. The summed E-state index contributed by atoms with van der Waals surface area (Å²) in [5.41, 5.74) is 11.6. The quantitative estimate of drug-likeness (QED) is 0.367. The number of rotatable bonds is 6. The summed E-state index contributed by atoms with van der Waals surface area (Å²) in [5, 5.41) is 27.8. The number of aromatic hydroxyl groups is 2. The van der Waals surface area contributed by atoms with Crippen molar-refractivity contribution < 1.29 is 20.1 Å². The summed E-state index contributed by atoms with van der Waals surface area (Å²) in [6.45, 7) is 0.420. The second-order valence-electron chi connectivity index (χ2n) is 3.76. The summed E-state index contributed by atoms with van der Waals surface area (Å²) in [4.78, 5) is 11.0. The van der Waals surface area contributed by atoms with Gasteiger partial charge in [0.2, 0.25) is 0 Å². The Bertz CT molecular complexity index is 439. The number of thioether (sulfide) groups is 1. The number of aliphatic carboxylic acids is 1. The highest BCUT2D eigenvalue weighted by atomic mass is 32.2. The van der Waals surface area contributed by atoms with Gasteiger partial charge in [0.15, 0.2) is 11.5 Å². The van der Waals surface area contributed by atoms with Gasteiger partial charge in [0.05, 0.1) is 4.90 Å². The van der Waals surface area contributed by atoms with Gasteiger partial charge in [0.25, 0.3) is 0 Å². The minimum Gasteiger partial charge on any atom is -0.504 e. The third-order valence-corrected chi connectivity index (χ3v) is 3.43. The van der Waals surface area contributed by atoms with Crippen molar-refractivity contribution >= 4 is 17.7 Å². The number of phenolic OH excluding ortho intramolecular Hbond substituents is 2. The highest BCUT2D eigenvalue weighted by molar-refractivity contribution is 7.99. The second-order valence-corrected chi connectivity index (χ2v) is 4.82. The van der Waals surface area contributed by atoms with E-state index in [0.29, 0.717) is 17.9 Å². The predicted molar refractivity (Wildman–Crippen MR) is 68.9 cm³/mol. The number of carboxylic acids is 1. The molecule has 0 aliphatic carbocycles. The van der Waals surface area contributed by atoms with E-state index in [-0.39, 0.29) is 17.3 Å². The van der Waals surface area contributed by atoms with E-state index in [4.69, 9.17) is 16.6 Å². The first-order valence-corrected chi connectivity index (χ1v) is 6.30. The molecule has 100 valence electrons. The lowest BCUT2D eigenvalue weighted by Gasteiger charge is -2.10. The summed E-state index contributed by atoms with van der Waals surface area (Å²) in [6, 6.07) is 2.08. The van der Waals surface area contributed by atoms with Crippen LogP contribution in [0.25, 0.3) is 0 Å². The van der Waals surface area contributed by atoms with Crippen molar-refractivity contribution in [3.8, 4) is 11.5 Å². The van der Waals surface area contributed by atoms with Crippen LogP contribution in [0.2, 0.25) is 0 Å². The molecule has 18 heavy (non-hydrogen) atoms. The summed E-state index contributed by atoms with van der Waals surface area (Å²) in [6.07, 6.45) is 0.562. The molecule has 7 N–H and O–H groups in total. The lowest BCUT2D eigenvalue weighted by atomic mass is 10.1. The minimum atomic E-state index is -1.11. The Morgan fingerprint density at radius 3 is 2.61 bits per heavy atom. The fourth-order valence-corrected chi connectivity index (χ4v) is 2.30. The third kappa shape index (κ3) is 3.80. The number of carboxylic acid groups (broad SMARTS) is 1. The molecule has 0 spiro atoms. The van der Waals surface area contributed by atoms with Gasteiger partial charge in [-0.3, -0.25) is 4.79 Å². The predicted octanol–water partition coefficient (Wildman–Crippen LogP) is 0.103. The van der Waals surface area contributed by atoms with Gasteiger partial charge in [0, 0.05) is 5.75 Å². The van der Waals surface area contributed by atoms with Crippen LogP contribution in [0.15, 0.2) is 17.0 Å². The molecule has 0 amide bonds. The lowest BCUT2D eigenvalue weighted by Crippen LogP contribution is -2.32. The van der Waals surface area contributed by atoms with E-state index < -0.39 is 12.0 Å². The van der Waals surface area contributed by atoms with Crippen molar-refractivity contribution in [1.29, 1.82) is 0 Å². The monoisotopic (exact) mass is 272 g/mol. The average molecular weight is 272 g/mol. The van der Waals surface area contributed by atoms with Crippen LogP contribution in [-0.4, -0.2) is 39.6 Å². The maximum atomic E-state index is 10.6. The van der Waals surface area contributed by atoms with Gasteiger partial charge in [-0.25, -0.2) is 0 Å². The van der Waals surface area contributed by atoms with E-state index >= 15 is 0 Å². The van der Waals surface area contributed by atoms with Gasteiger partial charge >= 0.3 is 5.97 Å². The fraction of sp³-hybridized carbons (Fsp3) is 0.364. The normalized spacial score (nSPS) is 12.3. The first kappa shape index (κ1) is 14.6. The second kappa shape index (κ2) is 6.48. The van der Waals surface area contributed by atoms with Crippen LogP contribution in [0.4, 0.5) is 0 Å². The van der Waals surface area contributed by atoms with Crippen LogP contribution in [0.1, 0.15) is 5.56 Å². The zero-order valence-corrected chi connectivity index (χ0v) is 10.5. The lowest BCUT2D eigenvalue weighted by molar-refractivity contribution is -0.137. The molecule has 0 aromatic heterocycles. The van der Waals surface area contributed by atoms with Crippen molar-refractivity contribution in [2.45, 2.75) is 17.4 Å². The zero-order chi connectivity index (χ0) is 13.7. The Balaban J connectivity index is 2.83. The summed E-state index contributed by atoms with van der Waals surface area (Å²) >= 11 is 1.08. The average Bonchev–Trinajstić information content (AvgIpc) is 2.31. The molecular weight excluding hydrogens is 256 g/mol. The highest BCUT2D eigenvalue weighted by Crippen LogP contribution is 2.37. The molecular formula is C11H16N2O4S. The minimum absolute atomic E-state index is 0.106. The molecule has 0 radical (unpaired) electrons. The van der Waals surface area contributed by atoms with Crippen LogP contribution in [0.5, 0.6) is 11.5 Å². The van der Waals surface area contributed by atoms with E-state index in [9.17, 15) is 15.0 Å². The molecule has 1 aromatic rings. The van der Waals surface area contributed by atoms with Crippen molar-refractivity contribution in [3.63, 3.8) is 0 Å². The molecule has 6 nitrogen and oxygen atoms in total. The van der Waals surface area contributed by atoms with E-state index in [1.165, 1.54) is 6.07 Å². The van der Waals surface area contributed by atoms with E-state index in [1.54, 1.807) is 6.07 Å². The highest BCUT2D eigenvalue weighted by Gasteiger charge is 2.15. The van der Waals surface area contributed by atoms with Gasteiger partial charge in [-0.1, -0.05) is 0 Å². The largest absolute Gasteiger partial charge is 0.504 e. The van der Waals surface area contributed by atoms with Gasteiger partial charge in [-0.05, 0) is 30.7 Å². The molecule has 7 heteroatoms. The molecule has 1 aromatic carbocycles. The van der Waals surface area contributed by atoms with Gasteiger partial charge in [-0.15, -0.1) is 11.8 Å². The number of carbonyl (C=O) groups is 1. The topological polar surface area (TPSA) is 130 Å². The fourth-order valence-electron chi connectivity index (χ4n) is 1.32. The van der Waals surface area contributed by atoms with Crippen LogP contribution >= 0.6 is 11.8 Å². The van der Waals surface area contributed by atoms with Crippen LogP contribution < -0.4 is 11.5 Å². The summed E-state index contributed by atoms with van der Waals surface area (Å²) in [5.74, 6) is -1.51. The van der Waals surface area contributed by atoms with Crippen LogP contribution in [-0.2, 0) is 11.2 Å². The number of nitrogens with two attached hydrogens (primary N) is 2. The molecule has 0 aliphatic heterocycles. The Labute approximate surface area is 109 Å². The molecule has 0 fully saturated rings. The van der Waals surface area contributed by atoms with Crippen molar-refractivity contribution in [1.82, 2.24) is 0 Å². The molecule has 0 bridgehead atoms. The SMILES string of the molecule is NCCc1cc(O)c(O)c(SCC(N)C(=O)O)c1. The maximum Gasteiger partial charge on any atom is 0.321 e. The van der Waals surface area contributed by atoms with Crippen molar-refractivity contribution in [2.75, 3.05) is 12.3 Å². The molecule has 1 rings (SSSR count). The first-order valence-electron chi connectivity index (χ1n) is 5.31. The molecule has 0 saturated heterocycles. The molecule has 0 heterocycles. The third-order valence-electron chi connectivity index (χ3n) is 2.28. The molecule has 1 atom stereocenters. The molecule has 0 saturated carbocycles. The van der Waals surface area contributed by atoms with Crippen molar-refractivity contribution in [3.05, 3.63) is 17.7 Å². The Kier molecular flexibility index (Phi) is 5.26. The van der Waals surface area contributed by atoms with Crippen LogP contribution in [0, 0.1) is 0 Å². The summed E-state index contributed by atoms with van der Waals surface area (Å²) < 4.78 is 0. The Hall–Kier alpha value is -1.44. The number of phenols is 2. The maximum absolute atomic E-state index is 10.6. The smallest absolute Gasteiger partial charge is 0.321 e. The molecule has 1 unspecified atom stereocenters. The van der Waals surface area contributed by atoms with E-state index in [1.807, 2.05) is 0 Å². The van der Waals surface area contributed by atoms with Crippen molar-refractivity contribution in [2.24, 2.45) is 11.5 Å². The number of hydrogen-bond donors (Lipinski definition) is 5. The van der Waals surface area contributed by atoms with E-state index in [2.05, 4.69) is 0 Å². The first-order chi connectivity index (χ1) is 8.45. The summed E-state index contributed by atoms with van der Waals surface area (Å²) in [7, 11) is 0. The standard InChI is InChI=1S/C11H16N2O4S/c12-2-1-6-3-8(14)10(15)9(4-6)18-5-7(13)11(16)17/h3-4,7,14-15H,1-2,5,12-13H2,(H,16,17). The Morgan fingerprint density at radius 2 is 2.06 bits per heavy atom.